The van der Waals surface area contributed by atoms with E-state index in [1.54, 1.807) is 60.3 Å². The molecule has 0 spiro atoms. The zero-order chi connectivity index (χ0) is 20.3. The van der Waals surface area contributed by atoms with Crippen LogP contribution in [0.4, 0.5) is 5.69 Å². The Labute approximate surface area is 166 Å². The lowest BCUT2D eigenvalue weighted by Gasteiger charge is -2.13. The summed E-state index contributed by atoms with van der Waals surface area (Å²) >= 11 is 5.89. The van der Waals surface area contributed by atoms with E-state index in [1.165, 1.54) is 6.92 Å². The molecule has 0 radical (unpaired) electrons. The molecule has 0 fully saturated rings. The fraction of sp³-hybridized carbons (Fsp3) is 0.150. The van der Waals surface area contributed by atoms with Crippen molar-refractivity contribution in [1.29, 1.82) is 5.26 Å². The number of aryl methyl sites for hydroxylation is 1. The molecule has 0 aliphatic carbocycles. The molecule has 0 saturated carbocycles. The van der Waals surface area contributed by atoms with Crippen LogP contribution in [0.1, 0.15) is 28.6 Å². The first kappa shape index (κ1) is 19.3. The van der Waals surface area contributed by atoms with Crippen molar-refractivity contribution in [3.8, 4) is 12.0 Å². The smallest absolute Gasteiger partial charge is 0.343 e. The molecule has 8 heteroatoms. The molecular formula is C20H16ClN3O4. The molecule has 1 amide bonds. The molecule has 7 nitrogen and oxygen atoms in total. The molecule has 3 aromatic rings. The van der Waals surface area contributed by atoms with Gasteiger partial charge in [0, 0.05) is 23.1 Å². The van der Waals surface area contributed by atoms with Crippen molar-refractivity contribution in [2.45, 2.75) is 20.0 Å². The van der Waals surface area contributed by atoms with Crippen LogP contribution in [0.25, 0.3) is 5.88 Å². The SMILES string of the molecule is Cc1oc(-n2cccc2)c(C#N)c1C(=O)O[C@@H](C)C(=O)Nc1cccc(Cl)c1. The summed E-state index contributed by atoms with van der Waals surface area (Å²) in [5.41, 5.74) is 0.516. The molecule has 1 aromatic carbocycles. The number of anilines is 1. The van der Waals surface area contributed by atoms with Crippen molar-refractivity contribution < 1.29 is 18.7 Å². The summed E-state index contributed by atoms with van der Waals surface area (Å²) < 4.78 is 12.4. The standard InChI is InChI=1S/C20H16ClN3O4/c1-12-17(16(11-22)19(27-12)24-8-3-4-9-24)20(26)28-13(2)18(25)23-15-7-5-6-14(21)10-15/h3-10,13H,1-2H3,(H,23,25)/t13-/m0/s1. The van der Waals surface area contributed by atoms with Crippen LogP contribution in [0, 0.1) is 18.3 Å². The van der Waals surface area contributed by atoms with Crippen LogP contribution in [0.2, 0.25) is 5.02 Å². The summed E-state index contributed by atoms with van der Waals surface area (Å²) in [5, 5.41) is 12.6. The minimum atomic E-state index is -1.10. The van der Waals surface area contributed by atoms with Gasteiger partial charge in [-0.3, -0.25) is 9.36 Å². The summed E-state index contributed by atoms with van der Waals surface area (Å²) in [6.45, 7) is 2.99. The predicted octanol–water partition coefficient (Wildman–Crippen LogP) is 4.09. The van der Waals surface area contributed by atoms with E-state index in [9.17, 15) is 14.9 Å². The maximum atomic E-state index is 12.6. The number of nitrogens with zero attached hydrogens (tertiary/aromatic N) is 2. The fourth-order valence-corrected chi connectivity index (χ4v) is 2.80. The second-order valence-electron chi connectivity index (χ2n) is 5.96. The van der Waals surface area contributed by atoms with Crippen LogP contribution < -0.4 is 5.32 Å². The third-order valence-electron chi connectivity index (χ3n) is 3.97. The lowest BCUT2D eigenvalue weighted by molar-refractivity contribution is -0.123. The molecule has 1 atom stereocenters. The van der Waals surface area contributed by atoms with Gasteiger partial charge in [-0.25, -0.2) is 4.79 Å². The average Bonchev–Trinajstić information content (AvgIpc) is 3.28. The first-order valence-electron chi connectivity index (χ1n) is 8.35. The number of ether oxygens (including phenoxy) is 1. The number of amides is 1. The van der Waals surface area contributed by atoms with Gasteiger partial charge < -0.3 is 14.5 Å². The highest BCUT2D eigenvalue weighted by molar-refractivity contribution is 6.30. The van der Waals surface area contributed by atoms with Gasteiger partial charge in [0.2, 0.25) is 5.88 Å². The lowest BCUT2D eigenvalue weighted by atomic mass is 10.1. The van der Waals surface area contributed by atoms with Crippen LogP contribution in [0.15, 0.2) is 53.2 Å². The van der Waals surface area contributed by atoms with Gasteiger partial charge in [-0.05, 0) is 44.2 Å². The molecule has 1 N–H and O–H groups in total. The Bertz CT molecular complexity index is 1060. The molecule has 0 unspecified atom stereocenters. The molecule has 2 aromatic heterocycles. The van der Waals surface area contributed by atoms with E-state index in [4.69, 9.17) is 20.8 Å². The molecular weight excluding hydrogens is 382 g/mol. The largest absolute Gasteiger partial charge is 0.449 e. The van der Waals surface area contributed by atoms with Gasteiger partial charge in [-0.1, -0.05) is 17.7 Å². The van der Waals surface area contributed by atoms with Gasteiger partial charge in [-0.15, -0.1) is 0 Å². The molecule has 0 saturated heterocycles. The maximum absolute atomic E-state index is 12.6. The summed E-state index contributed by atoms with van der Waals surface area (Å²) in [7, 11) is 0. The summed E-state index contributed by atoms with van der Waals surface area (Å²) in [4.78, 5) is 24.9. The molecule has 28 heavy (non-hydrogen) atoms. The Morgan fingerprint density at radius 1 is 1.29 bits per heavy atom. The third-order valence-corrected chi connectivity index (χ3v) is 4.20. The fourth-order valence-electron chi connectivity index (χ4n) is 2.61. The van der Waals surface area contributed by atoms with E-state index < -0.39 is 18.0 Å². The first-order valence-corrected chi connectivity index (χ1v) is 8.72. The zero-order valence-corrected chi connectivity index (χ0v) is 15.9. The summed E-state index contributed by atoms with van der Waals surface area (Å²) in [5.74, 6) is -0.897. The quantitative estimate of drug-likeness (QED) is 0.654. The van der Waals surface area contributed by atoms with Crippen molar-refractivity contribution in [2.24, 2.45) is 0 Å². The van der Waals surface area contributed by atoms with Gasteiger partial charge in [0.05, 0.1) is 0 Å². The van der Waals surface area contributed by atoms with Gasteiger partial charge in [0.15, 0.2) is 6.10 Å². The third kappa shape index (κ3) is 3.92. The molecule has 2 heterocycles. The number of rotatable bonds is 5. The molecule has 0 aliphatic rings. The number of hydrogen-bond donors (Lipinski definition) is 1. The predicted molar refractivity (Wildman–Crippen MR) is 102 cm³/mol. The number of hydrogen-bond acceptors (Lipinski definition) is 5. The Morgan fingerprint density at radius 2 is 2.00 bits per heavy atom. The van der Waals surface area contributed by atoms with E-state index in [2.05, 4.69) is 5.32 Å². The van der Waals surface area contributed by atoms with E-state index >= 15 is 0 Å². The van der Waals surface area contributed by atoms with Crippen molar-refractivity contribution >= 4 is 29.2 Å². The van der Waals surface area contributed by atoms with E-state index in [0.717, 1.165) is 0 Å². The van der Waals surface area contributed by atoms with Crippen LogP contribution >= 0.6 is 11.6 Å². The van der Waals surface area contributed by atoms with Crippen LogP contribution in [-0.2, 0) is 9.53 Å². The molecule has 142 valence electrons. The second kappa shape index (κ2) is 8.03. The van der Waals surface area contributed by atoms with Crippen molar-refractivity contribution in [3.05, 3.63) is 70.7 Å². The first-order chi connectivity index (χ1) is 13.4. The van der Waals surface area contributed by atoms with E-state index in [1.807, 2.05) is 6.07 Å². The number of benzene rings is 1. The van der Waals surface area contributed by atoms with Crippen LogP contribution in [-0.4, -0.2) is 22.5 Å². The van der Waals surface area contributed by atoms with Gasteiger partial charge in [0.25, 0.3) is 5.91 Å². The Morgan fingerprint density at radius 3 is 2.64 bits per heavy atom. The van der Waals surface area contributed by atoms with Crippen molar-refractivity contribution in [1.82, 2.24) is 4.57 Å². The highest BCUT2D eigenvalue weighted by atomic mass is 35.5. The maximum Gasteiger partial charge on any atom is 0.343 e. The average molecular weight is 398 g/mol. The van der Waals surface area contributed by atoms with Gasteiger partial charge in [0.1, 0.15) is 23.0 Å². The van der Waals surface area contributed by atoms with E-state index in [-0.39, 0.29) is 22.8 Å². The highest BCUT2D eigenvalue weighted by Crippen LogP contribution is 2.26. The number of carbonyl (C=O) groups is 2. The Balaban J connectivity index is 1.77. The van der Waals surface area contributed by atoms with Crippen LogP contribution in [0.5, 0.6) is 0 Å². The minimum Gasteiger partial charge on any atom is -0.449 e. The van der Waals surface area contributed by atoms with Gasteiger partial charge >= 0.3 is 5.97 Å². The summed E-state index contributed by atoms with van der Waals surface area (Å²) in [6, 6.07) is 12.1. The topological polar surface area (TPSA) is 97.3 Å². The summed E-state index contributed by atoms with van der Waals surface area (Å²) in [6.07, 6.45) is 2.28. The van der Waals surface area contributed by atoms with Crippen LogP contribution in [0.3, 0.4) is 0 Å². The van der Waals surface area contributed by atoms with Crippen molar-refractivity contribution in [3.63, 3.8) is 0 Å². The number of halogens is 1. The zero-order valence-electron chi connectivity index (χ0n) is 15.1. The number of aromatic nitrogens is 1. The van der Waals surface area contributed by atoms with E-state index in [0.29, 0.717) is 10.7 Å². The monoisotopic (exact) mass is 397 g/mol. The molecule has 3 rings (SSSR count). The number of nitriles is 1. The number of furan rings is 1. The number of esters is 1. The second-order valence-corrected chi connectivity index (χ2v) is 6.40. The number of nitrogens with one attached hydrogen (secondary N) is 1. The minimum absolute atomic E-state index is 0.00592. The van der Waals surface area contributed by atoms with Gasteiger partial charge in [-0.2, -0.15) is 5.26 Å². The van der Waals surface area contributed by atoms with Crippen molar-refractivity contribution in [2.75, 3.05) is 5.32 Å². The lowest BCUT2D eigenvalue weighted by Crippen LogP contribution is -2.30. The molecule has 0 aliphatic heterocycles. The normalized spacial score (nSPS) is 11.5. The Kier molecular flexibility index (Phi) is 5.52. The number of carbonyl (C=O) groups excluding carboxylic acids is 2. The Hall–Kier alpha value is -3.50. The highest BCUT2D eigenvalue weighted by Gasteiger charge is 2.28. The molecule has 0 bridgehead atoms.